The normalized spacial score (nSPS) is 5.60. The first-order valence-corrected chi connectivity index (χ1v) is 1.48. The van der Waals surface area contributed by atoms with E-state index < -0.39 is 0 Å². The first kappa shape index (κ1) is 4.49. The van der Waals surface area contributed by atoms with Gasteiger partial charge in [-0.15, -0.1) is 4.36 Å². The van der Waals surface area contributed by atoms with Gasteiger partial charge in [0.15, 0.2) is 0 Å². The lowest BCUT2D eigenvalue weighted by molar-refractivity contribution is 0.558. The van der Waals surface area contributed by atoms with Gasteiger partial charge in [0, 0.05) is 0 Å². The van der Waals surface area contributed by atoms with E-state index in [1.54, 1.807) is 0 Å². The minimum Gasteiger partial charge on any atom is -0.260 e. The van der Waals surface area contributed by atoms with E-state index in [2.05, 4.69) is 4.36 Å². The Morgan fingerprint density at radius 3 is 2.40 bits per heavy atom. The van der Waals surface area contributed by atoms with Crippen molar-refractivity contribution in [2.75, 3.05) is 0 Å². The molecule has 3 nitrogen and oxygen atoms in total. The van der Waals surface area contributed by atoms with Crippen LogP contribution in [0, 0.1) is 0 Å². The van der Waals surface area contributed by atoms with Gasteiger partial charge in [0.05, 0.1) is 0 Å². The molecule has 0 saturated carbocycles. The van der Waals surface area contributed by atoms with Crippen LogP contribution in [0.4, 0.5) is 0 Å². The van der Waals surface area contributed by atoms with Crippen LogP contribution in [-0.4, -0.2) is 10.6 Å². The van der Waals surface area contributed by atoms with Crippen molar-refractivity contribution in [2.45, 2.75) is 0 Å². The first-order chi connectivity index (χ1) is 2.41. The molecule has 0 N–H and O–H groups in total. The fraction of sp³-hybridized carbons (Fsp3) is 0. The molecule has 0 aliphatic rings. The number of hydrogen-bond donors (Lipinski definition) is 0. The van der Waals surface area contributed by atoms with Gasteiger partial charge in [-0.25, -0.2) is 0 Å². The molecular weight excluding hydrogens is 90.1 g/mol. The Labute approximate surface area is 32.2 Å². The summed E-state index contributed by atoms with van der Waals surface area (Å²) < 4.78 is 11.5. The van der Waals surface area contributed by atoms with E-state index in [1.807, 2.05) is 0 Å². The standard InChI is InChI=1S/CNO2S/c3-1-2-5-4. The summed E-state index contributed by atoms with van der Waals surface area (Å²) in [5.74, 6) is 0. The number of carbonyl (C=O) groups excluding carboxylic acids is 1. The molecule has 0 fully saturated rings. The number of nitrogens with zero attached hydrogens (tertiary/aromatic N) is 1. The predicted molar refractivity (Wildman–Crippen MR) is 16.3 cm³/mol. The molecule has 0 rings (SSSR count). The summed E-state index contributed by atoms with van der Waals surface area (Å²) in [5, 5.41) is 0. The number of hydrogen-bond acceptors (Lipinski definition) is 2. The number of amides is 1. The third kappa shape index (κ3) is 3.49. The van der Waals surface area contributed by atoms with Crippen LogP contribution in [0.25, 0.3) is 0 Å². The van der Waals surface area contributed by atoms with Crippen LogP contribution < -0.4 is 0 Å². The molecule has 0 bridgehead atoms. The molecule has 0 spiro atoms. The molecule has 4 heteroatoms. The molecule has 1 radical (unpaired) electrons. The maximum absolute atomic E-state index is 9.02. The van der Waals surface area contributed by atoms with Crippen molar-refractivity contribution in [2.24, 2.45) is 4.36 Å². The summed E-state index contributed by atoms with van der Waals surface area (Å²) >= 11 is -0.147. The zero-order chi connectivity index (χ0) is 4.12. The summed E-state index contributed by atoms with van der Waals surface area (Å²) in [7, 11) is 0. The smallest absolute Gasteiger partial charge is 0.260 e. The molecule has 0 aromatic carbocycles. The average molecular weight is 90.1 g/mol. The van der Waals surface area contributed by atoms with Crippen LogP contribution in [0.3, 0.4) is 0 Å². The minimum atomic E-state index is -0.147. The maximum Gasteiger partial charge on any atom is 0.351 e. The lowest BCUT2D eigenvalue weighted by atomic mass is 11.5. The van der Waals surface area contributed by atoms with Gasteiger partial charge in [-0.2, -0.15) is 4.21 Å². The quantitative estimate of drug-likeness (QED) is 0.433. The van der Waals surface area contributed by atoms with E-state index in [0.717, 1.165) is 6.41 Å². The summed E-state index contributed by atoms with van der Waals surface area (Å²) in [5.41, 5.74) is 0. The van der Waals surface area contributed by atoms with Crippen molar-refractivity contribution in [1.29, 1.82) is 0 Å². The largest absolute Gasteiger partial charge is 0.351 e. The van der Waals surface area contributed by atoms with Crippen LogP contribution in [0.1, 0.15) is 0 Å². The molecule has 0 aromatic heterocycles. The van der Waals surface area contributed by atoms with Crippen molar-refractivity contribution in [3.63, 3.8) is 0 Å². The second-order valence-electron chi connectivity index (χ2n) is 0.257. The molecule has 0 heterocycles. The zero-order valence-electron chi connectivity index (χ0n) is 2.17. The fourth-order valence-electron chi connectivity index (χ4n) is 0.0152. The molecular formula is CNO2S. The van der Waals surface area contributed by atoms with Crippen LogP contribution >= 0.6 is 0 Å². The Balaban J connectivity index is 3.31. The second-order valence-corrected chi connectivity index (χ2v) is 0.589. The maximum atomic E-state index is 9.02. The average Bonchev–Trinajstić information content (AvgIpc) is 1.41. The molecule has 1 amide bonds. The van der Waals surface area contributed by atoms with Crippen molar-refractivity contribution < 1.29 is 9.00 Å². The molecule has 0 unspecified atom stereocenters. The van der Waals surface area contributed by atoms with Crippen LogP contribution in [0.15, 0.2) is 4.36 Å². The Kier molecular flexibility index (Phi) is 3.13. The lowest BCUT2D eigenvalue weighted by Gasteiger charge is -1.35. The van der Waals surface area contributed by atoms with Gasteiger partial charge in [0.25, 0.3) is 0 Å². The van der Waals surface area contributed by atoms with Gasteiger partial charge >= 0.3 is 6.41 Å². The first-order valence-electron chi connectivity index (χ1n) is 0.777. The van der Waals surface area contributed by atoms with Gasteiger partial charge < -0.3 is 0 Å². The Hall–Kier alpha value is -0.510. The molecule has 0 aliphatic carbocycles. The van der Waals surface area contributed by atoms with Gasteiger partial charge in [0.1, 0.15) is 0 Å². The van der Waals surface area contributed by atoms with E-state index in [-0.39, 0.29) is 11.5 Å². The second kappa shape index (κ2) is 3.49. The monoisotopic (exact) mass is 90.0 g/mol. The number of rotatable bonds is 1. The van der Waals surface area contributed by atoms with E-state index in [9.17, 15) is 0 Å². The molecule has 0 atom stereocenters. The van der Waals surface area contributed by atoms with Crippen molar-refractivity contribution in [3.8, 4) is 0 Å². The Morgan fingerprint density at radius 2 is 2.40 bits per heavy atom. The Morgan fingerprint density at radius 1 is 1.80 bits per heavy atom. The fourth-order valence-corrected chi connectivity index (χ4v) is 0.0456. The summed E-state index contributed by atoms with van der Waals surface area (Å²) in [4.78, 5) is 8.89. The van der Waals surface area contributed by atoms with Crippen molar-refractivity contribution in [3.05, 3.63) is 0 Å². The van der Waals surface area contributed by atoms with Crippen LogP contribution in [0.2, 0.25) is 0 Å². The third-order valence-corrected chi connectivity index (χ3v) is 0.224. The molecule has 5 heavy (non-hydrogen) atoms. The molecule has 27 valence electrons. The van der Waals surface area contributed by atoms with E-state index in [4.69, 9.17) is 9.00 Å². The highest BCUT2D eigenvalue weighted by molar-refractivity contribution is 7.55. The van der Waals surface area contributed by atoms with Crippen molar-refractivity contribution >= 4 is 17.9 Å². The van der Waals surface area contributed by atoms with E-state index >= 15 is 0 Å². The predicted octanol–water partition coefficient (Wildman–Crippen LogP) is -0.550. The van der Waals surface area contributed by atoms with E-state index in [0.29, 0.717) is 0 Å². The van der Waals surface area contributed by atoms with Crippen molar-refractivity contribution in [1.82, 2.24) is 0 Å². The highest BCUT2D eigenvalue weighted by Crippen LogP contribution is 1.39. The SMILES string of the molecule is O=[C]N=S=O. The molecule has 0 aromatic rings. The van der Waals surface area contributed by atoms with E-state index in [1.165, 1.54) is 0 Å². The topological polar surface area (TPSA) is 46.5 Å². The third-order valence-electron chi connectivity index (χ3n) is 0.0745. The summed E-state index contributed by atoms with van der Waals surface area (Å²) in [6.45, 7) is 0. The van der Waals surface area contributed by atoms with Crippen LogP contribution in [-0.2, 0) is 16.3 Å². The van der Waals surface area contributed by atoms with Gasteiger partial charge in [0.2, 0.25) is 11.5 Å². The summed E-state index contributed by atoms with van der Waals surface area (Å²) in [6, 6.07) is 0. The van der Waals surface area contributed by atoms with Gasteiger partial charge in [-0.05, 0) is 0 Å². The van der Waals surface area contributed by atoms with Gasteiger partial charge in [-0.1, -0.05) is 0 Å². The van der Waals surface area contributed by atoms with Gasteiger partial charge in [-0.3, -0.25) is 4.79 Å². The Bertz CT molecular complexity index is 73.7. The highest BCUT2D eigenvalue weighted by Gasteiger charge is 1.52. The molecule has 0 aliphatic heterocycles. The minimum absolute atomic E-state index is 0.147. The lowest BCUT2D eigenvalue weighted by Crippen LogP contribution is -1.48. The molecule has 0 saturated heterocycles. The summed E-state index contributed by atoms with van der Waals surface area (Å²) in [6.07, 6.45) is 1.04. The zero-order valence-corrected chi connectivity index (χ0v) is 2.99. The van der Waals surface area contributed by atoms with Crippen LogP contribution in [0.5, 0.6) is 0 Å². The highest BCUT2D eigenvalue weighted by atomic mass is 32.1.